The highest BCUT2D eigenvalue weighted by atomic mass is 16.7. The first-order valence-corrected chi connectivity index (χ1v) is 8.90. The van der Waals surface area contributed by atoms with E-state index in [2.05, 4.69) is 59.0 Å². The molecule has 8 heteroatoms. The van der Waals surface area contributed by atoms with Crippen LogP contribution >= 0.6 is 0 Å². The van der Waals surface area contributed by atoms with E-state index in [9.17, 15) is 0 Å². The molecule has 3 heterocycles. The lowest BCUT2D eigenvalue weighted by Crippen LogP contribution is -2.41. The van der Waals surface area contributed by atoms with E-state index in [1.807, 2.05) is 4.68 Å². The van der Waals surface area contributed by atoms with Crippen molar-refractivity contribution in [1.29, 1.82) is 0 Å². The third-order valence-corrected chi connectivity index (χ3v) is 5.83. The first kappa shape index (κ1) is 19.3. The monoisotopic (exact) mass is 360 g/mol. The normalized spacial score (nSPS) is 24.2. The van der Waals surface area contributed by atoms with E-state index < -0.39 is 18.3 Å². The van der Waals surface area contributed by atoms with Gasteiger partial charge in [0, 0.05) is 11.9 Å². The molecule has 1 unspecified atom stereocenters. The summed E-state index contributed by atoms with van der Waals surface area (Å²) in [5, 5.41) is 9.29. The number of nitrogens with zero attached hydrogens (tertiary/aromatic N) is 2. The molecule has 0 bridgehead atoms. The van der Waals surface area contributed by atoms with Crippen LogP contribution in [0.2, 0.25) is 0 Å². The Hall–Kier alpha value is -1.45. The van der Waals surface area contributed by atoms with Crippen LogP contribution in [0, 0.1) is 13.8 Å². The number of nitrogens with one attached hydrogen (secondary N) is 1. The van der Waals surface area contributed by atoms with Gasteiger partial charge in [0.25, 0.3) is 0 Å². The fraction of sp³-hybridized carbons (Fsp3) is 0.611. The summed E-state index contributed by atoms with van der Waals surface area (Å²) in [5.41, 5.74) is 3.50. The van der Waals surface area contributed by atoms with E-state index in [1.54, 1.807) is 0 Å². The van der Waals surface area contributed by atoms with Crippen LogP contribution in [-0.2, 0) is 14.0 Å². The summed E-state index contributed by atoms with van der Waals surface area (Å²) in [4.78, 5) is 0. The summed E-state index contributed by atoms with van der Waals surface area (Å²) < 4.78 is 20.2. The fourth-order valence-corrected chi connectivity index (χ4v) is 3.40. The number of benzene rings is 1. The molecular weight excluding hydrogens is 331 g/mol. The Morgan fingerprint density at radius 1 is 1.15 bits per heavy atom. The Morgan fingerprint density at radius 2 is 1.81 bits per heavy atom. The third kappa shape index (κ3) is 2.77. The largest absolute Gasteiger partial charge is 0.517 e. The van der Waals surface area contributed by atoms with Crippen LogP contribution < -0.4 is 17.1 Å². The van der Waals surface area contributed by atoms with Crippen LogP contribution in [0.5, 0.6) is 0 Å². The lowest BCUT2D eigenvalue weighted by atomic mass is 9.81. The van der Waals surface area contributed by atoms with Crippen LogP contribution in [0.3, 0.4) is 0 Å². The zero-order valence-corrected chi connectivity index (χ0v) is 16.5. The SMILES string of the molecule is Cc1ccc2c(c(B3OC(C)(C)C(C)(C)O3)nn2C2NCCO2)c1C.N. The second kappa shape index (κ2) is 6.32. The lowest BCUT2D eigenvalue weighted by Gasteiger charge is -2.32. The number of hydrogen-bond donors (Lipinski definition) is 2. The molecule has 0 spiro atoms. The molecular formula is C18H29BN4O3. The molecule has 1 atom stereocenters. The van der Waals surface area contributed by atoms with Gasteiger partial charge in [0.05, 0.1) is 23.3 Å². The second-order valence-corrected chi connectivity index (χ2v) is 8.00. The van der Waals surface area contributed by atoms with Gasteiger partial charge in [0.15, 0.2) is 0 Å². The summed E-state index contributed by atoms with van der Waals surface area (Å²) in [6, 6.07) is 4.22. The van der Waals surface area contributed by atoms with E-state index in [-0.39, 0.29) is 12.5 Å². The van der Waals surface area contributed by atoms with E-state index >= 15 is 0 Å². The van der Waals surface area contributed by atoms with Crippen molar-refractivity contribution in [2.45, 2.75) is 59.1 Å². The fourth-order valence-electron chi connectivity index (χ4n) is 3.40. The molecule has 0 aliphatic carbocycles. The maximum Gasteiger partial charge on any atom is 0.517 e. The molecule has 1 aromatic carbocycles. The molecule has 2 saturated heterocycles. The Labute approximate surface area is 155 Å². The van der Waals surface area contributed by atoms with Gasteiger partial charge in [-0.25, -0.2) is 4.68 Å². The molecule has 1 aromatic heterocycles. The van der Waals surface area contributed by atoms with Gasteiger partial charge in [-0.15, -0.1) is 0 Å². The molecule has 4 rings (SSSR count). The number of rotatable bonds is 2. The van der Waals surface area contributed by atoms with Crippen molar-refractivity contribution in [2.75, 3.05) is 13.2 Å². The standard InChI is InChI=1S/C18H26BN3O3.H3N/c1-11-7-8-13-14(12(11)2)15(21-22(13)16-20-9-10-23-16)19-24-17(3,4)18(5,6)25-19;/h7-8,16,20H,9-10H2,1-6H3;1H3. The average molecular weight is 360 g/mol. The summed E-state index contributed by atoms with van der Waals surface area (Å²) in [5.74, 6) is 0. The van der Waals surface area contributed by atoms with E-state index in [1.165, 1.54) is 11.1 Å². The third-order valence-electron chi connectivity index (χ3n) is 5.83. The molecule has 0 saturated carbocycles. The molecule has 0 amide bonds. The van der Waals surface area contributed by atoms with Crippen molar-refractivity contribution in [3.63, 3.8) is 0 Å². The number of aromatic nitrogens is 2. The van der Waals surface area contributed by atoms with Gasteiger partial charge in [-0.1, -0.05) is 6.07 Å². The van der Waals surface area contributed by atoms with Crippen LogP contribution in [0.15, 0.2) is 12.1 Å². The minimum absolute atomic E-state index is 0. The van der Waals surface area contributed by atoms with Gasteiger partial charge < -0.3 is 20.2 Å². The van der Waals surface area contributed by atoms with E-state index in [4.69, 9.17) is 19.1 Å². The van der Waals surface area contributed by atoms with Crippen LogP contribution in [0.1, 0.15) is 45.2 Å². The van der Waals surface area contributed by atoms with Crippen molar-refractivity contribution >= 4 is 23.6 Å². The highest BCUT2D eigenvalue weighted by Crippen LogP contribution is 2.37. The van der Waals surface area contributed by atoms with Crippen LogP contribution in [-0.4, -0.2) is 41.3 Å². The minimum atomic E-state index is -0.490. The van der Waals surface area contributed by atoms with Crippen molar-refractivity contribution in [2.24, 2.45) is 0 Å². The lowest BCUT2D eigenvalue weighted by molar-refractivity contribution is 0.00578. The van der Waals surface area contributed by atoms with Gasteiger partial charge in [0.2, 0.25) is 6.35 Å². The molecule has 4 N–H and O–H groups in total. The summed E-state index contributed by atoms with van der Waals surface area (Å²) >= 11 is 0. The molecule has 0 radical (unpaired) electrons. The summed E-state index contributed by atoms with van der Waals surface area (Å²) in [6.45, 7) is 14.0. The van der Waals surface area contributed by atoms with E-state index in [0.29, 0.717) is 6.61 Å². The second-order valence-electron chi connectivity index (χ2n) is 8.00. The van der Waals surface area contributed by atoms with Gasteiger partial charge >= 0.3 is 7.12 Å². The zero-order chi connectivity index (χ0) is 18.0. The maximum atomic E-state index is 6.27. The molecule has 2 aromatic rings. The van der Waals surface area contributed by atoms with Gasteiger partial charge in [-0.2, -0.15) is 5.10 Å². The zero-order valence-electron chi connectivity index (χ0n) is 16.5. The molecule has 2 fully saturated rings. The summed E-state index contributed by atoms with van der Waals surface area (Å²) in [7, 11) is -0.490. The van der Waals surface area contributed by atoms with Crippen molar-refractivity contribution < 1.29 is 14.0 Å². The summed E-state index contributed by atoms with van der Waals surface area (Å²) in [6.07, 6.45) is -0.249. The Balaban J connectivity index is 0.00000196. The molecule has 2 aliphatic rings. The Kier molecular flexibility index (Phi) is 4.69. The number of aryl methyl sites for hydroxylation is 2. The average Bonchev–Trinajstić information content (AvgIpc) is 3.20. The topological polar surface area (TPSA) is 92.5 Å². The Bertz CT molecular complexity index is 811. The first-order chi connectivity index (χ1) is 11.7. The minimum Gasteiger partial charge on any atom is -0.398 e. The molecule has 7 nitrogen and oxygen atoms in total. The highest BCUT2D eigenvalue weighted by Gasteiger charge is 2.53. The molecule has 2 aliphatic heterocycles. The van der Waals surface area contributed by atoms with Crippen molar-refractivity contribution in [3.05, 3.63) is 23.3 Å². The number of hydrogen-bond acceptors (Lipinski definition) is 6. The quantitative estimate of drug-likeness (QED) is 0.798. The number of ether oxygens (including phenoxy) is 1. The maximum absolute atomic E-state index is 6.27. The van der Waals surface area contributed by atoms with Crippen molar-refractivity contribution in [1.82, 2.24) is 21.2 Å². The van der Waals surface area contributed by atoms with Gasteiger partial charge in [-0.3, -0.25) is 5.32 Å². The predicted octanol–water partition coefficient (Wildman–Crippen LogP) is 2.19. The number of fused-ring (bicyclic) bond motifs is 1. The van der Waals surface area contributed by atoms with Crippen LogP contribution in [0.25, 0.3) is 10.9 Å². The molecule has 142 valence electrons. The Morgan fingerprint density at radius 3 is 2.38 bits per heavy atom. The smallest absolute Gasteiger partial charge is 0.398 e. The van der Waals surface area contributed by atoms with Gasteiger partial charge in [-0.05, 0) is 58.7 Å². The molecule has 26 heavy (non-hydrogen) atoms. The van der Waals surface area contributed by atoms with Crippen molar-refractivity contribution in [3.8, 4) is 0 Å². The van der Waals surface area contributed by atoms with Gasteiger partial charge in [0.1, 0.15) is 5.59 Å². The first-order valence-electron chi connectivity index (χ1n) is 8.90. The van der Waals surface area contributed by atoms with E-state index in [0.717, 1.165) is 23.0 Å². The predicted molar refractivity (Wildman–Crippen MR) is 103 cm³/mol. The highest BCUT2D eigenvalue weighted by molar-refractivity contribution is 6.64. The van der Waals surface area contributed by atoms with Crippen LogP contribution in [0.4, 0.5) is 0 Å².